The van der Waals surface area contributed by atoms with E-state index >= 15 is 0 Å². The van der Waals surface area contributed by atoms with Crippen LogP contribution in [0, 0.1) is 0 Å². The Kier molecular flexibility index (Phi) is 4.68. The lowest BCUT2D eigenvalue weighted by Gasteiger charge is -2.39. The molecule has 23 heavy (non-hydrogen) atoms. The van der Waals surface area contributed by atoms with E-state index in [0.29, 0.717) is 26.2 Å². The van der Waals surface area contributed by atoms with Crippen molar-refractivity contribution in [2.24, 2.45) is 0 Å². The van der Waals surface area contributed by atoms with Crippen molar-refractivity contribution in [3.63, 3.8) is 0 Å². The molecule has 1 N–H and O–H groups in total. The zero-order chi connectivity index (χ0) is 16.3. The summed E-state index contributed by atoms with van der Waals surface area (Å²) in [4.78, 5) is 18.6. The molecule has 0 unspecified atom stereocenters. The number of thiazole rings is 1. The molecule has 7 heteroatoms. The Bertz CT molecular complexity index is 655. The van der Waals surface area contributed by atoms with Crippen LogP contribution >= 0.6 is 11.3 Å². The summed E-state index contributed by atoms with van der Waals surface area (Å²) >= 11 is 1.51. The van der Waals surface area contributed by atoms with E-state index in [4.69, 9.17) is 9.15 Å². The van der Waals surface area contributed by atoms with E-state index in [-0.39, 0.29) is 11.6 Å². The largest absolute Gasteiger partial charge is 0.462 e. The standard InChI is InChI=1S/C16H21N3O3S/c1-3-16(2)11-19(6-8-22-16)15(20)17-9-12-10-23-14(18-12)13-5-4-7-21-13/h4-5,7,10H,3,6,8-9,11H2,1-2H3,(H,17,20)/t16-/m1/s1. The molecule has 3 rings (SSSR count). The van der Waals surface area contributed by atoms with E-state index in [0.717, 1.165) is 22.9 Å². The van der Waals surface area contributed by atoms with Gasteiger partial charge >= 0.3 is 6.03 Å². The SMILES string of the molecule is CC[C@]1(C)CN(C(=O)NCc2csc(-c3ccco3)n2)CCO1. The van der Waals surface area contributed by atoms with Gasteiger partial charge in [-0.3, -0.25) is 0 Å². The van der Waals surface area contributed by atoms with Crippen LogP contribution in [0.2, 0.25) is 0 Å². The Morgan fingerprint density at radius 1 is 1.57 bits per heavy atom. The van der Waals surface area contributed by atoms with Gasteiger partial charge in [-0.25, -0.2) is 9.78 Å². The van der Waals surface area contributed by atoms with Crippen LogP contribution in [-0.4, -0.2) is 41.2 Å². The first-order chi connectivity index (χ1) is 11.1. The number of carbonyl (C=O) groups excluding carboxylic acids is 1. The van der Waals surface area contributed by atoms with E-state index < -0.39 is 0 Å². The Hall–Kier alpha value is -1.86. The highest BCUT2D eigenvalue weighted by Gasteiger charge is 2.32. The summed E-state index contributed by atoms with van der Waals surface area (Å²) in [5.74, 6) is 0.750. The molecular formula is C16H21N3O3S. The van der Waals surface area contributed by atoms with Gasteiger partial charge in [0.2, 0.25) is 0 Å². The van der Waals surface area contributed by atoms with Crippen molar-refractivity contribution in [3.05, 3.63) is 29.5 Å². The van der Waals surface area contributed by atoms with Crippen LogP contribution in [-0.2, 0) is 11.3 Å². The molecule has 1 saturated heterocycles. The molecule has 6 nitrogen and oxygen atoms in total. The van der Waals surface area contributed by atoms with Gasteiger partial charge in [-0.1, -0.05) is 6.92 Å². The van der Waals surface area contributed by atoms with Gasteiger partial charge in [-0.15, -0.1) is 11.3 Å². The first-order valence-corrected chi connectivity index (χ1v) is 8.62. The summed E-state index contributed by atoms with van der Waals surface area (Å²) in [5.41, 5.74) is 0.587. The van der Waals surface area contributed by atoms with Crippen LogP contribution in [0.3, 0.4) is 0 Å². The second kappa shape index (κ2) is 6.72. The molecule has 2 aromatic heterocycles. The van der Waals surface area contributed by atoms with E-state index in [2.05, 4.69) is 17.2 Å². The van der Waals surface area contributed by atoms with E-state index in [9.17, 15) is 4.79 Å². The fraction of sp³-hybridized carbons (Fsp3) is 0.500. The highest BCUT2D eigenvalue weighted by molar-refractivity contribution is 7.13. The Morgan fingerprint density at radius 2 is 2.43 bits per heavy atom. The van der Waals surface area contributed by atoms with Gasteiger partial charge < -0.3 is 19.4 Å². The third-order valence-electron chi connectivity index (χ3n) is 4.08. The number of urea groups is 1. The summed E-state index contributed by atoms with van der Waals surface area (Å²) < 4.78 is 11.1. The minimum Gasteiger partial charge on any atom is -0.462 e. The lowest BCUT2D eigenvalue weighted by atomic mass is 10.0. The third-order valence-corrected chi connectivity index (χ3v) is 4.98. The van der Waals surface area contributed by atoms with Gasteiger partial charge in [0.15, 0.2) is 10.8 Å². The lowest BCUT2D eigenvalue weighted by molar-refractivity contribution is -0.0872. The minimum atomic E-state index is -0.247. The molecule has 3 heterocycles. The number of hydrogen-bond acceptors (Lipinski definition) is 5. The van der Waals surface area contributed by atoms with Crippen molar-refractivity contribution >= 4 is 17.4 Å². The minimum absolute atomic E-state index is 0.0690. The molecule has 0 bridgehead atoms. The molecule has 1 atom stereocenters. The summed E-state index contributed by atoms with van der Waals surface area (Å²) in [7, 11) is 0. The molecule has 0 radical (unpaired) electrons. The zero-order valence-electron chi connectivity index (χ0n) is 13.4. The topological polar surface area (TPSA) is 67.6 Å². The molecular weight excluding hydrogens is 314 g/mol. The summed E-state index contributed by atoms with van der Waals surface area (Å²) in [6, 6.07) is 3.64. The average Bonchev–Trinajstić information content (AvgIpc) is 3.23. The quantitative estimate of drug-likeness (QED) is 0.932. The number of hydrogen-bond donors (Lipinski definition) is 1. The predicted octanol–water partition coefficient (Wildman–Crippen LogP) is 3.11. The number of nitrogens with zero attached hydrogens (tertiary/aromatic N) is 2. The van der Waals surface area contributed by atoms with E-state index in [1.54, 1.807) is 6.26 Å². The summed E-state index contributed by atoms with van der Waals surface area (Å²) in [6.07, 6.45) is 2.51. The van der Waals surface area contributed by atoms with Gasteiger partial charge in [0.1, 0.15) is 0 Å². The number of furan rings is 1. The fourth-order valence-electron chi connectivity index (χ4n) is 2.50. The van der Waals surface area contributed by atoms with Crippen molar-refractivity contribution in [1.29, 1.82) is 0 Å². The second-order valence-electron chi connectivity index (χ2n) is 5.85. The maximum atomic E-state index is 12.3. The first-order valence-electron chi connectivity index (χ1n) is 7.75. The van der Waals surface area contributed by atoms with Crippen molar-refractivity contribution in [1.82, 2.24) is 15.2 Å². The molecule has 124 valence electrons. The second-order valence-corrected chi connectivity index (χ2v) is 6.71. The fourth-order valence-corrected chi connectivity index (χ4v) is 3.28. The molecule has 1 aliphatic heterocycles. The highest BCUT2D eigenvalue weighted by Crippen LogP contribution is 2.24. The molecule has 0 saturated carbocycles. The predicted molar refractivity (Wildman–Crippen MR) is 88.3 cm³/mol. The maximum Gasteiger partial charge on any atom is 0.317 e. The lowest BCUT2D eigenvalue weighted by Crippen LogP contribution is -2.54. The molecule has 2 amide bonds. The molecule has 0 aliphatic carbocycles. The number of morpholine rings is 1. The van der Waals surface area contributed by atoms with Crippen LogP contribution in [0.1, 0.15) is 26.0 Å². The Morgan fingerprint density at radius 3 is 3.17 bits per heavy atom. The molecule has 1 fully saturated rings. The summed E-state index contributed by atoms with van der Waals surface area (Å²) in [5, 5.41) is 5.70. The maximum absolute atomic E-state index is 12.3. The number of amides is 2. The normalized spacial score (nSPS) is 21.4. The van der Waals surface area contributed by atoms with Gasteiger partial charge in [0, 0.05) is 11.9 Å². The smallest absolute Gasteiger partial charge is 0.317 e. The van der Waals surface area contributed by atoms with Crippen molar-refractivity contribution in [3.8, 4) is 10.8 Å². The van der Waals surface area contributed by atoms with Gasteiger partial charge in [-0.2, -0.15) is 0 Å². The monoisotopic (exact) mass is 335 g/mol. The number of rotatable bonds is 4. The zero-order valence-corrected chi connectivity index (χ0v) is 14.2. The van der Waals surface area contributed by atoms with Crippen LogP contribution in [0.25, 0.3) is 10.8 Å². The van der Waals surface area contributed by atoms with Crippen molar-refractivity contribution in [2.75, 3.05) is 19.7 Å². The van der Waals surface area contributed by atoms with E-state index in [1.807, 2.05) is 29.3 Å². The van der Waals surface area contributed by atoms with Gasteiger partial charge in [-0.05, 0) is 25.5 Å². The van der Waals surface area contributed by atoms with Gasteiger partial charge in [0.05, 0.1) is 37.3 Å². The third kappa shape index (κ3) is 3.73. The van der Waals surface area contributed by atoms with Crippen molar-refractivity contribution < 1.29 is 13.9 Å². The van der Waals surface area contributed by atoms with Crippen LogP contribution in [0.5, 0.6) is 0 Å². The summed E-state index contributed by atoms with van der Waals surface area (Å²) in [6.45, 7) is 6.35. The number of aromatic nitrogens is 1. The molecule has 2 aromatic rings. The number of carbonyl (C=O) groups is 1. The van der Waals surface area contributed by atoms with Crippen molar-refractivity contribution in [2.45, 2.75) is 32.4 Å². The molecule has 0 spiro atoms. The first kappa shape index (κ1) is 16.0. The van der Waals surface area contributed by atoms with Crippen LogP contribution in [0.4, 0.5) is 4.79 Å². The number of nitrogens with one attached hydrogen (secondary N) is 1. The molecule has 1 aliphatic rings. The Balaban J connectivity index is 1.55. The van der Waals surface area contributed by atoms with Crippen LogP contribution < -0.4 is 5.32 Å². The number of ether oxygens (including phenoxy) is 1. The van der Waals surface area contributed by atoms with Crippen LogP contribution in [0.15, 0.2) is 28.2 Å². The molecule has 0 aromatic carbocycles. The van der Waals surface area contributed by atoms with E-state index in [1.165, 1.54) is 11.3 Å². The van der Waals surface area contributed by atoms with Gasteiger partial charge in [0.25, 0.3) is 0 Å². The average molecular weight is 335 g/mol. The Labute approximate surface area is 139 Å². The highest BCUT2D eigenvalue weighted by atomic mass is 32.1.